The summed E-state index contributed by atoms with van der Waals surface area (Å²) >= 11 is 0. The minimum absolute atomic E-state index is 0.192. The number of hydrogen-bond acceptors (Lipinski definition) is 2. The Bertz CT molecular complexity index is 146. The average molecular weight is 171 g/mol. The lowest BCUT2D eigenvalue weighted by atomic mass is 9.90. The second-order valence-electron chi connectivity index (χ2n) is 4.41. The number of nitrogens with zero attached hydrogens (tertiary/aromatic N) is 1. The van der Waals surface area contributed by atoms with Gasteiger partial charge in [-0.05, 0) is 20.0 Å². The molecule has 0 N–H and O–H groups in total. The lowest BCUT2D eigenvalue weighted by Gasteiger charge is -2.21. The minimum Gasteiger partial charge on any atom is -0.299 e. The highest BCUT2D eigenvalue weighted by Gasteiger charge is 2.21. The summed E-state index contributed by atoms with van der Waals surface area (Å²) < 4.78 is 0. The molecule has 0 heterocycles. The average Bonchev–Trinajstić information content (AvgIpc) is 1.85. The number of carbonyl (C=O) groups excluding carboxylic acids is 1. The first kappa shape index (κ1) is 11.6. The molecule has 0 saturated heterocycles. The van der Waals surface area contributed by atoms with E-state index >= 15 is 0 Å². The van der Waals surface area contributed by atoms with E-state index in [9.17, 15) is 4.79 Å². The molecule has 0 fully saturated rings. The van der Waals surface area contributed by atoms with Crippen LogP contribution in [0.5, 0.6) is 0 Å². The fourth-order valence-electron chi connectivity index (χ4n) is 0.943. The first-order valence-electron chi connectivity index (χ1n) is 4.59. The van der Waals surface area contributed by atoms with E-state index in [1.165, 1.54) is 0 Å². The Kier molecular flexibility index (Phi) is 4.46. The summed E-state index contributed by atoms with van der Waals surface area (Å²) in [5.41, 5.74) is -0.192. The van der Waals surface area contributed by atoms with E-state index < -0.39 is 0 Å². The van der Waals surface area contributed by atoms with Gasteiger partial charge >= 0.3 is 0 Å². The molecule has 0 rings (SSSR count). The second kappa shape index (κ2) is 4.61. The summed E-state index contributed by atoms with van der Waals surface area (Å²) in [5, 5.41) is 0. The zero-order valence-corrected chi connectivity index (χ0v) is 8.98. The van der Waals surface area contributed by atoms with Gasteiger partial charge in [-0.2, -0.15) is 0 Å². The fraction of sp³-hybridized carbons (Fsp3) is 0.900. The van der Waals surface area contributed by atoms with Gasteiger partial charge in [0.1, 0.15) is 0 Å². The van der Waals surface area contributed by atoms with Crippen molar-refractivity contribution in [3.05, 3.63) is 0 Å². The third-order valence-corrected chi connectivity index (χ3v) is 1.86. The maximum Gasteiger partial charge on any atom is 0.152 e. The van der Waals surface area contributed by atoms with Crippen molar-refractivity contribution in [2.75, 3.05) is 20.1 Å². The molecule has 0 aromatic rings. The number of carbonyl (C=O) groups is 1. The molecule has 0 unspecified atom stereocenters. The fourth-order valence-corrected chi connectivity index (χ4v) is 0.943. The summed E-state index contributed by atoms with van der Waals surface area (Å²) in [6.07, 6.45) is 1.11. The van der Waals surface area contributed by atoms with Gasteiger partial charge in [0.25, 0.3) is 0 Å². The van der Waals surface area contributed by atoms with E-state index in [1.54, 1.807) is 0 Å². The van der Waals surface area contributed by atoms with Crippen molar-refractivity contribution in [1.29, 1.82) is 0 Å². The van der Waals surface area contributed by atoms with Gasteiger partial charge in [-0.25, -0.2) is 0 Å². The maximum absolute atomic E-state index is 11.5. The Morgan fingerprint density at radius 3 is 2.17 bits per heavy atom. The lowest BCUT2D eigenvalue weighted by Crippen LogP contribution is -2.33. The molecular weight excluding hydrogens is 150 g/mol. The number of ketones is 1. The van der Waals surface area contributed by atoms with Gasteiger partial charge in [0.15, 0.2) is 5.78 Å². The van der Waals surface area contributed by atoms with Gasteiger partial charge in [-0.15, -0.1) is 0 Å². The van der Waals surface area contributed by atoms with Crippen LogP contribution in [0.1, 0.15) is 34.1 Å². The molecule has 2 heteroatoms. The van der Waals surface area contributed by atoms with E-state index in [0.717, 1.165) is 13.0 Å². The SMILES string of the molecule is CCCN(C)CC(=O)C(C)(C)C. The first-order valence-corrected chi connectivity index (χ1v) is 4.59. The number of likely N-dealkylation sites (N-methyl/N-ethyl adjacent to an activating group) is 1. The van der Waals surface area contributed by atoms with Gasteiger partial charge in [0.2, 0.25) is 0 Å². The molecule has 0 amide bonds. The summed E-state index contributed by atoms with van der Waals surface area (Å²) in [6.45, 7) is 9.61. The molecule has 0 spiro atoms. The van der Waals surface area contributed by atoms with Crippen molar-refractivity contribution < 1.29 is 4.79 Å². The second-order valence-corrected chi connectivity index (χ2v) is 4.41. The summed E-state index contributed by atoms with van der Waals surface area (Å²) in [4.78, 5) is 13.6. The Balaban J connectivity index is 3.85. The highest BCUT2D eigenvalue weighted by molar-refractivity contribution is 5.85. The monoisotopic (exact) mass is 171 g/mol. The van der Waals surface area contributed by atoms with E-state index in [0.29, 0.717) is 12.3 Å². The van der Waals surface area contributed by atoms with Crippen molar-refractivity contribution in [2.24, 2.45) is 5.41 Å². The van der Waals surface area contributed by atoms with Crippen molar-refractivity contribution in [1.82, 2.24) is 4.90 Å². The van der Waals surface area contributed by atoms with Gasteiger partial charge in [0, 0.05) is 5.41 Å². The molecule has 0 aliphatic heterocycles. The molecule has 0 aromatic heterocycles. The molecule has 12 heavy (non-hydrogen) atoms. The van der Waals surface area contributed by atoms with Crippen LogP contribution < -0.4 is 0 Å². The predicted molar refractivity (Wildman–Crippen MR) is 52.3 cm³/mol. The van der Waals surface area contributed by atoms with Crippen molar-refractivity contribution in [2.45, 2.75) is 34.1 Å². The molecule has 0 aliphatic rings. The molecule has 0 bridgehead atoms. The molecule has 0 aromatic carbocycles. The van der Waals surface area contributed by atoms with E-state index in [2.05, 4.69) is 11.8 Å². The zero-order chi connectivity index (χ0) is 9.78. The normalized spacial score (nSPS) is 12.2. The van der Waals surface area contributed by atoms with E-state index in [4.69, 9.17) is 0 Å². The van der Waals surface area contributed by atoms with Crippen molar-refractivity contribution in [3.8, 4) is 0 Å². The first-order chi connectivity index (χ1) is 5.38. The molecule has 0 radical (unpaired) electrons. The quantitative estimate of drug-likeness (QED) is 0.644. The van der Waals surface area contributed by atoms with Crippen LogP contribution in [0.15, 0.2) is 0 Å². The van der Waals surface area contributed by atoms with Gasteiger partial charge in [0.05, 0.1) is 6.54 Å². The number of hydrogen-bond donors (Lipinski definition) is 0. The highest BCUT2D eigenvalue weighted by atomic mass is 16.1. The Hall–Kier alpha value is -0.370. The Labute approximate surface area is 75.9 Å². The van der Waals surface area contributed by atoms with E-state index in [1.807, 2.05) is 27.8 Å². The molecule has 2 nitrogen and oxygen atoms in total. The number of rotatable bonds is 4. The van der Waals surface area contributed by atoms with Crippen LogP contribution in [0.3, 0.4) is 0 Å². The van der Waals surface area contributed by atoms with Gasteiger partial charge < -0.3 is 0 Å². The van der Waals surface area contributed by atoms with Crippen LogP contribution in [0.4, 0.5) is 0 Å². The highest BCUT2D eigenvalue weighted by Crippen LogP contribution is 2.14. The molecular formula is C10H21NO. The van der Waals surface area contributed by atoms with Crippen LogP contribution in [-0.2, 0) is 4.79 Å². The Morgan fingerprint density at radius 2 is 1.83 bits per heavy atom. The van der Waals surface area contributed by atoms with Gasteiger partial charge in [-0.3, -0.25) is 9.69 Å². The maximum atomic E-state index is 11.5. The lowest BCUT2D eigenvalue weighted by molar-refractivity contribution is -0.127. The summed E-state index contributed by atoms with van der Waals surface area (Å²) in [7, 11) is 1.99. The van der Waals surface area contributed by atoms with E-state index in [-0.39, 0.29) is 5.41 Å². The van der Waals surface area contributed by atoms with Crippen LogP contribution >= 0.6 is 0 Å². The smallest absolute Gasteiger partial charge is 0.152 e. The van der Waals surface area contributed by atoms with Crippen LogP contribution in [-0.4, -0.2) is 30.8 Å². The standard InChI is InChI=1S/C10H21NO/c1-6-7-11(5)8-9(12)10(2,3)4/h6-8H2,1-5H3. The predicted octanol–water partition coefficient (Wildman–Crippen LogP) is 1.94. The summed E-state index contributed by atoms with van der Waals surface area (Å²) in [5.74, 6) is 0.318. The van der Waals surface area contributed by atoms with Crippen LogP contribution in [0.2, 0.25) is 0 Å². The number of Topliss-reactive ketones (excluding diaryl/α,β-unsaturated/α-hetero) is 1. The topological polar surface area (TPSA) is 20.3 Å². The minimum atomic E-state index is -0.192. The molecule has 0 aliphatic carbocycles. The Morgan fingerprint density at radius 1 is 1.33 bits per heavy atom. The third kappa shape index (κ3) is 4.50. The van der Waals surface area contributed by atoms with Crippen molar-refractivity contribution >= 4 is 5.78 Å². The molecule has 72 valence electrons. The largest absolute Gasteiger partial charge is 0.299 e. The molecule has 0 atom stereocenters. The molecule has 0 saturated carbocycles. The van der Waals surface area contributed by atoms with Gasteiger partial charge in [-0.1, -0.05) is 27.7 Å². The van der Waals surface area contributed by atoms with Crippen LogP contribution in [0.25, 0.3) is 0 Å². The summed E-state index contributed by atoms with van der Waals surface area (Å²) in [6, 6.07) is 0. The zero-order valence-electron chi connectivity index (χ0n) is 8.98. The third-order valence-electron chi connectivity index (χ3n) is 1.86. The van der Waals surface area contributed by atoms with Crippen LogP contribution in [0, 0.1) is 5.41 Å². The van der Waals surface area contributed by atoms with Crippen molar-refractivity contribution in [3.63, 3.8) is 0 Å².